The molecule has 0 aliphatic heterocycles. The first-order valence-corrected chi connectivity index (χ1v) is 21.9. The van der Waals surface area contributed by atoms with Crippen molar-refractivity contribution in [2.45, 2.75) is 118 Å². The Morgan fingerprint density at radius 2 is 1.50 bits per heavy atom. The minimum absolute atomic E-state index is 0.0546. The van der Waals surface area contributed by atoms with E-state index in [-0.39, 0.29) is 11.9 Å². The lowest BCUT2D eigenvalue weighted by atomic mass is 9.44. The predicted octanol–water partition coefficient (Wildman–Crippen LogP) is 12.1. The number of benzene rings is 3. The van der Waals surface area contributed by atoms with Crippen LogP contribution in [0, 0.1) is 52.3 Å². The molecule has 0 radical (unpaired) electrons. The molecule has 4 fully saturated rings. The Bertz CT molecular complexity index is 1800. The summed E-state index contributed by atoms with van der Waals surface area (Å²) in [6.45, 7) is 13.4. The zero-order chi connectivity index (χ0) is 39.5. The number of rotatable bonds is 15. The molecule has 0 heterocycles. The topological polar surface area (TPSA) is 96.8 Å². The third kappa shape index (κ3) is 8.80. The molecule has 56 heavy (non-hydrogen) atoms. The Balaban J connectivity index is 0.861. The Labute approximate surface area is 337 Å². The summed E-state index contributed by atoms with van der Waals surface area (Å²) in [7, 11) is 0. The van der Waals surface area contributed by atoms with Crippen molar-refractivity contribution in [3.8, 4) is 17.2 Å². The molecule has 3 aromatic rings. The molecule has 7 rings (SSSR count). The van der Waals surface area contributed by atoms with Crippen molar-refractivity contribution in [2.75, 3.05) is 24.7 Å². The molecule has 0 spiro atoms. The van der Waals surface area contributed by atoms with Gasteiger partial charge in [-0.25, -0.2) is 0 Å². The van der Waals surface area contributed by atoms with Gasteiger partial charge in [0.2, 0.25) is 0 Å². The number of allylic oxidation sites excluding steroid dienone is 1. The van der Waals surface area contributed by atoms with Gasteiger partial charge < -0.3 is 25.7 Å². The van der Waals surface area contributed by atoms with E-state index in [2.05, 4.69) is 46.8 Å². The lowest BCUT2D eigenvalue weighted by molar-refractivity contribution is -0.126. The molecule has 4 saturated carbocycles. The highest BCUT2D eigenvalue weighted by atomic mass is 16.5. The lowest BCUT2D eigenvalue weighted by Gasteiger charge is -2.61. The van der Waals surface area contributed by atoms with Crippen molar-refractivity contribution in [2.24, 2.45) is 52.3 Å². The summed E-state index contributed by atoms with van der Waals surface area (Å²) in [5.74, 6) is 8.28. The second-order valence-corrected chi connectivity index (χ2v) is 19.0. The van der Waals surface area contributed by atoms with E-state index in [0.717, 1.165) is 59.2 Å². The van der Waals surface area contributed by atoms with Gasteiger partial charge in [0.1, 0.15) is 30.5 Å². The molecule has 0 saturated heterocycles. The van der Waals surface area contributed by atoms with Crippen molar-refractivity contribution in [1.82, 2.24) is 0 Å². The third-order valence-corrected chi connectivity index (χ3v) is 15.2. The number of nitrogens with two attached hydrogens (primary N) is 2. The molecule has 6 heteroatoms. The van der Waals surface area contributed by atoms with Crippen molar-refractivity contribution < 1.29 is 19.0 Å². The van der Waals surface area contributed by atoms with Crippen LogP contribution in [0.3, 0.4) is 0 Å². The van der Waals surface area contributed by atoms with Crippen molar-refractivity contribution in [1.29, 1.82) is 0 Å². The standard InChI is InChI=1S/C50H68N2O4/c1-33(2)7-6-8-34(3)43-21-22-44-42-20-14-37-31-41(25-27-49(37,4)45(42)26-28-50(43,44)5)56-40-16-9-35(10-17-40)11-23-47(53)36-12-18-39(19-13-36)54-29-30-55-48-24-15-38(51)32-46(48)52/h9-13,15-19,23-24,32-34,37,41-45H,6-8,14,20-22,25-31,51-52H2,1-5H3/t34-,37?,41?,42?,43-,44?,45?,49+,50-/m1/s1. The van der Waals surface area contributed by atoms with Gasteiger partial charge in [-0.3, -0.25) is 4.79 Å². The fraction of sp³-hybridized carbons (Fsp3) is 0.580. The zero-order valence-corrected chi connectivity index (χ0v) is 34.8. The second kappa shape index (κ2) is 17.3. The van der Waals surface area contributed by atoms with E-state index in [1.807, 2.05) is 18.2 Å². The molecule has 9 atom stereocenters. The van der Waals surface area contributed by atoms with E-state index in [0.29, 0.717) is 52.5 Å². The largest absolute Gasteiger partial charge is 0.490 e. The number of anilines is 2. The molecule has 6 nitrogen and oxygen atoms in total. The van der Waals surface area contributed by atoms with Gasteiger partial charge in [0.25, 0.3) is 0 Å². The average molecular weight is 761 g/mol. The van der Waals surface area contributed by atoms with Gasteiger partial charge in [0.05, 0.1) is 11.8 Å². The van der Waals surface area contributed by atoms with Crippen LogP contribution in [0.2, 0.25) is 0 Å². The Kier molecular flexibility index (Phi) is 12.4. The van der Waals surface area contributed by atoms with Gasteiger partial charge in [-0.15, -0.1) is 0 Å². The lowest BCUT2D eigenvalue weighted by Crippen LogP contribution is -2.54. The molecule has 4 aliphatic carbocycles. The first-order valence-electron chi connectivity index (χ1n) is 21.9. The Hall–Kier alpha value is -3.93. The van der Waals surface area contributed by atoms with Crippen LogP contribution in [-0.2, 0) is 0 Å². The number of ketones is 1. The number of ether oxygens (including phenoxy) is 3. The highest BCUT2D eigenvalue weighted by molar-refractivity contribution is 6.06. The number of fused-ring (bicyclic) bond motifs is 5. The summed E-state index contributed by atoms with van der Waals surface area (Å²) in [5.41, 5.74) is 15.4. The van der Waals surface area contributed by atoms with E-state index in [1.165, 1.54) is 70.6 Å². The second-order valence-electron chi connectivity index (χ2n) is 19.0. The fourth-order valence-corrected chi connectivity index (χ4v) is 12.2. The molecule has 302 valence electrons. The molecule has 5 unspecified atom stereocenters. The fourth-order valence-electron chi connectivity index (χ4n) is 12.2. The van der Waals surface area contributed by atoms with Gasteiger partial charge in [0.15, 0.2) is 5.78 Å². The summed E-state index contributed by atoms with van der Waals surface area (Å²) in [4.78, 5) is 12.9. The molecular formula is C50H68N2O4. The number of hydrogen-bond donors (Lipinski definition) is 2. The first-order chi connectivity index (χ1) is 26.9. The van der Waals surface area contributed by atoms with E-state index in [1.54, 1.807) is 48.5 Å². The monoisotopic (exact) mass is 761 g/mol. The first kappa shape index (κ1) is 40.3. The molecule has 3 aromatic carbocycles. The van der Waals surface area contributed by atoms with E-state index < -0.39 is 0 Å². The summed E-state index contributed by atoms with van der Waals surface area (Å²) < 4.78 is 18.1. The SMILES string of the molecule is CC(C)CCC[C@@H](C)[C@H]1CCC2C3CCC4CC(Oc5ccc(C=CC(=O)c6ccc(OCCOc7ccc(N)cc7N)cc6)cc5)CC[C@]4(C)C3CC[C@@]21C. The maximum atomic E-state index is 12.9. The molecule has 4 aliphatic rings. The Morgan fingerprint density at radius 3 is 2.25 bits per heavy atom. The summed E-state index contributed by atoms with van der Waals surface area (Å²) in [6, 6.07) is 20.6. The van der Waals surface area contributed by atoms with Crippen LogP contribution < -0.4 is 25.7 Å². The van der Waals surface area contributed by atoms with Gasteiger partial charge in [-0.2, -0.15) is 0 Å². The van der Waals surface area contributed by atoms with Crippen LogP contribution in [0.4, 0.5) is 11.4 Å². The van der Waals surface area contributed by atoms with Crippen molar-refractivity contribution in [3.05, 3.63) is 83.9 Å². The van der Waals surface area contributed by atoms with Gasteiger partial charge in [-0.1, -0.05) is 72.1 Å². The summed E-state index contributed by atoms with van der Waals surface area (Å²) in [6.07, 6.45) is 20.3. The normalized spacial score (nSPS) is 30.3. The maximum Gasteiger partial charge on any atom is 0.185 e. The van der Waals surface area contributed by atoms with Gasteiger partial charge >= 0.3 is 0 Å². The number of nitrogen functional groups attached to an aromatic ring is 2. The minimum Gasteiger partial charge on any atom is -0.490 e. The van der Waals surface area contributed by atoms with Gasteiger partial charge in [0, 0.05) is 11.3 Å². The third-order valence-electron chi connectivity index (χ3n) is 15.2. The molecule has 0 bridgehead atoms. The van der Waals surface area contributed by atoms with Crippen LogP contribution in [0.5, 0.6) is 17.2 Å². The highest BCUT2D eigenvalue weighted by Crippen LogP contribution is 2.68. The number of carbonyl (C=O) groups excluding carboxylic acids is 1. The molecule has 0 aromatic heterocycles. The molecular weight excluding hydrogens is 693 g/mol. The number of hydrogen-bond acceptors (Lipinski definition) is 6. The molecule has 4 N–H and O–H groups in total. The molecule has 0 amide bonds. The van der Waals surface area contributed by atoms with E-state index in [9.17, 15) is 4.79 Å². The number of carbonyl (C=O) groups is 1. The van der Waals surface area contributed by atoms with Crippen LogP contribution in [0.1, 0.15) is 128 Å². The van der Waals surface area contributed by atoms with Crippen LogP contribution in [-0.4, -0.2) is 25.1 Å². The smallest absolute Gasteiger partial charge is 0.185 e. The van der Waals surface area contributed by atoms with Crippen LogP contribution in [0.15, 0.2) is 72.8 Å². The average Bonchev–Trinajstić information content (AvgIpc) is 3.54. The van der Waals surface area contributed by atoms with E-state index >= 15 is 0 Å². The van der Waals surface area contributed by atoms with Gasteiger partial charge in [-0.05, 0) is 176 Å². The highest BCUT2D eigenvalue weighted by Gasteiger charge is 2.60. The zero-order valence-electron chi connectivity index (χ0n) is 34.8. The Morgan fingerprint density at radius 1 is 0.786 bits per heavy atom. The summed E-state index contributed by atoms with van der Waals surface area (Å²) in [5, 5.41) is 0. The maximum absolute atomic E-state index is 12.9. The predicted molar refractivity (Wildman–Crippen MR) is 230 cm³/mol. The summed E-state index contributed by atoms with van der Waals surface area (Å²) >= 11 is 0. The van der Waals surface area contributed by atoms with Crippen molar-refractivity contribution >= 4 is 23.2 Å². The van der Waals surface area contributed by atoms with E-state index in [4.69, 9.17) is 25.7 Å². The van der Waals surface area contributed by atoms with Crippen LogP contribution >= 0.6 is 0 Å². The van der Waals surface area contributed by atoms with Crippen LogP contribution in [0.25, 0.3) is 6.08 Å². The van der Waals surface area contributed by atoms with Crippen molar-refractivity contribution in [3.63, 3.8) is 0 Å². The minimum atomic E-state index is -0.0546. The quantitative estimate of drug-likeness (QED) is 0.0693.